The van der Waals surface area contributed by atoms with Gasteiger partial charge in [-0.1, -0.05) is 0 Å². The van der Waals surface area contributed by atoms with Crippen molar-refractivity contribution in [1.29, 1.82) is 0 Å². The van der Waals surface area contributed by atoms with Gasteiger partial charge in [0.2, 0.25) is 15.9 Å². The second-order valence-corrected chi connectivity index (χ2v) is 6.67. The average Bonchev–Trinajstić information content (AvgIpc) is 2.83. The zero-order valence-electron chi connectivity index (χ0n) is 11.0. The largest absolute Gasteiger partial charge is 0.396 e. The third-order valence-corrected chi connectivity index (χ3v) is 5.46. The Bertz CT molecular complexity index is 660. The summed E-state index contributed by atoms with van der Waals surface area (Å²) in [6, 6.07) is 1.29. The average molecular weight is 301 g/mol. The van der Waals surface area contributed by atoms with Crippen molar-refractivity contribution in [3.63, 3.8) is 0 Å². The van der Waals surface area contributed by atoms with E-state index in [1.165, 1.54) is 6.92 Å². The predicted molar refractivity (Wildman–Crippen MR) is 71.7 cm³/mol. The van der Waals surface area contributed by atoms with E-state index in [4.69, 9.17) is 11.5 Å². The number of benzene rings is 1. The molecule has 0 bridgehead atoms. The van der Waals surface area contributed by atoms with Gasteiger partial charge >= 0.3 is 0 Å². The minimum absolute atomic E-state index is 0.0930. The first-order chi connectivity index (χ1) is 9.25. The maximum absolute atomic E-state index is 13.3. The number of carbonyl (C=O) groups is 1. The lowest BCUT2D eigenvalue weighted by Gasteiger charge is -2.22. The zero-order valence-corrected chi connectivity index (χ0v) is 11.8. The molecule has 0 aromatic heterocycles. The highest BCUT2D eigenvalue weighted by Gasteiger charge is 2.39. The topological polar surface area (TPSA) is 106 Å². The molecule has 8 heteroatoms. The van der Waals surface area contributed by atoms with E-state index in [-0.39, 0.29) is 22.7 Å². The summed E-state index contributed by atoms with van der Waals surface area (Å²) in [5, 5.41) is 0. The zero-order chi connectivity index (χ0) is 15.1. The van der Waals surface area contributed by atoms with Crippen molar-refractivity contribution >= 4 is 21.6 Å². The van der Waals surface area contributed by atoms with Crippen molar-refractivity contribution in [3.8, 4) is 0 Å². The molecule has 1 aromatic rings. The van der Waals surface area contributed by atoms with E-state index in [9.17, 15) is 17.6 Å². The third kappa shape index (κ3) is 2.36. The molecule has 1 amide bonds. The Hall–Kier alpha value is -1.67. The van der Waals surface area contributed by atoms with Gasteiger partial charge in [-0.3, -0.25) is 4.79 Å². The maximum Gasteiger partial charge on any atom is 0.244 e. The van der Waals surface area contributed by atoms with Gasteiger partial charge < -0.3 is 11.5 Å². The molecular weight excluding hydrogens is 285 g/mol. The van der Waals surface area contributed by atoms with Crippen LogP contribution in [0.1, 0.15) is 18.4 Å². The van der Waals surface area contributed by atoms with Crippen molar-refractivity contribution < 1.29 is 17.6 Å². The number of rotatable bonds is 3. The number of sulfonamides is 1. The Kier molecular flexibility index (Phi) is 3.70. The van der Waals surface area contributed by atoms with Crippen LogP contribution < -0.4 is 11.5 Å². The van der Waals surface area contributed by atoms with Crippen molar-refractivity contribution in [3.05, 3.63) is 23.5 Å². The fourth-order valence-electron chi connectivity index (χ4n) is 2.38. The highest BCUT2D eigenvalue weighted by atomic mass is 32.2. The number of carbonyl (C=O) groups excluding carboxylic acids is 1. The van der Waals surface area contributed by atoms with E-state index in [0.29, 0.717) is 12.8 Å². The molecule has 1 saturated heterocycles. The quantitative estimate of drug-likeness (QED) is 0.786. The van der Waals surface area contributed by atoms with Crippen LogP contribution in [0, 0.1) is 12.7 Å². The summed E-state index contributed by atoms with van der Waals surface area (Å²) in [6.07, 6.45) is 0.951. The van der Waals surface area contributed by atoms with Crippen LogP contribution in [0.2, 0.25) is 0 Å². The van der Waals surface area contributed by atoms with Crippen LogP contribution in [0.25, 0.3) is 0 Å². The number of nitrogens with zero attached hydrogens (tertiary/aromatic N) is 1. The smallest absolute Gasteiger partial charge is 0.244 e. The summed E-state index contributed by atoms with van der Waals surface area (Å²) in [4.78, 5) is 11.2. The van der Waals surface area contributed by atoms with E-state index in [0.717, 1.165) is 16.4 Å². The van der Waals surface area contributed by atoms with Crippen molar-refractivity contribution in [2.75, 3.05) is 12.3 Å². The van der Waals surface area contributed by atoms with Gasteiger partial charge in [-0.05, 0) is 37.5 Å². The highest BCUT2D eigenvalue weighted by Crippen LogP contribution is 2.29. The SMILES string of the molecule is Cc1cc(F)c(N)cc1S(=O)(=O)N1CCCC1C(N)=O. The molecule has 1 heterocycles. The number of amides is 1. The van der Waals surface area contributed by atoms with Gasteiger partial charge in [0.25, 0.3) is 0 Å². The molecule has 1 unspecified atom stereocenters. The monoisotopic (exact) mass is 301 g/mol. The summed E-state index contributed by atoms with van der Waals surface area (Å²) in [5.74, 6) is -1.35. The molecule has 1 aliphatic heterocycles. The molecule has 6 nitrogen and oxygen atoms in total. The molecule has 4 N–H and O–H groups in total. The third-order valence-electron chi connectivity index (χ3n) is 3.41. The fraction of sp³-hybridized carbons (Fsp3) is 0.417. The lowest BCUT2D eigenvalue weighted by molar-refractivity contribution is -0.121. The van der Waals surface area contributed by atoms with E-state index < -0.39 is 27.8 Å². The second-order valence-electron chi connectivity index (χ2n) is 4.82. The Balaban J connectivity index is 2.50. The minimum atomic E-state index is -3.92. The van der Waals surface area contributed by atoms with Crippen molar-refractivity contribution in [2.45, 2.75) is 30.7 Å². The Morgan fingerprint density at radius 1 is 1.45 bits per heavy atom. The van der Waals surface area contributed by atoms with Gasteiger partial charge in [-0.15, -0.1) is 0 Å². The van der Waals surface area contributed by atoms with Gasteiger partial charge in [-0.2, -0.15) is 4.31 Å². The highest BCUT2D eigenvalue weighted by molar-refractivity contribution is 7.89. The van der Waals surface area contributed by atoms with Crippen molar-refractivity contribution in [2.24, 2.45) is 5.73 Å². The second kappa shape index (κ2) is 5.02. The lowest BCUT2D eigenvalue weighted by Crippen LogP contribution is -2.43. The molecule has 0 aliphatic carbocycles. The molecule has 0 radical (unpaired) electrons. The van der Waals surface area contributed by atoms with Crippen LogP contribution >= 0.6 is 0 Å². The summed E-state index contributed by atoms with van der Waals surface area (Å²) < 4.78 is 39.5. The van der Waals surface area contributed by atoms with Crippen LogP contribution in [0.15, 0.2) is 17.0 Å². The maximum atomic E-state index is 13.3. The number of primary amides is 1. The van der Waals surface area contributed by atoms with E-state index >= 15 is 0 Å². The normalized spacial score (nSPS) is 20.2. The Morgan fingerprint density at radius 3 is 2.70 bits per heavy atom. The van der Waals surface area contributed by atoms with Crippen LogP contribution in [-0.2, 0) is 14.8 Å². The molecular formula is C12H16FN3O3S. The number of halogens is 1. The van der Waals surface area contributed by atoms with Crippen LogP contribution in [-0.4, -0.2) is 31.2 Å². The van der Waals surface area contributed by atoms with Gasteiger partial charge in [-0.25, -0.2) is 12.8 Å². The standard InChI is InChI=1S/C12H16FN3O3S/c1-7-5-8(13)9(14)6-11(7)20(18,19)16-4-2-3-10(16)12(15)17/h5-6,10H,2-4,14H2,1H3,(H2,15,17). The molecule has 1 aromatic carbocycles. The lowest BCUT2D eigenvalue weighted by atomic mass is 10.2. The molecule has 1 fully saturated rings. The minimum Gasteiger partial charge on any atom is -0.396 e. The van der Waals surface area contributed by atoms with E-state index in [1.807, 2.05) is 0 Å². The summed E-state index contributed by atoms with van der Waals surface area (Å²) >= 11 is 0. The Labute approximate surface area is 116 Å². The number of aryl methyl sites for hydroxylation is 1. The van der Waals surface area contributed by atoms with E-state index in [2.05, 4.69) is 0 Å². The number of nitrogen functional groups attached to an aromatic ring is 1. The van der Waals surface area contributed by atoms with Crippen LogP contribution in [0.5, 0.6) is 0 Å². The summed E-state index contributed by atoms with van der Waals surface area (Å²) in [6.45, 7) is 1.69. The molecule has 2 rings (SSSR count). The molecule has 110 valence electrons. The molecule has 1 aliphatic rings. The Morgan fingerprint density at radius 2 is 2.10 bits per heavy atom. The number of anilines is 1. The number of hydrogen-bond acceptors (Lipinski definition) is 4. The predicted octanol–water partition coefficient (Wildman–Crippen LogP) is 0.355. The molecule has 1 atom stereocenters. The van der Waals surface area contributed by atoms with Gasteiger partial charge in [0.05, 0.1) is 10.6 Å². The fourth-order valence-corrected chi connectivity index (χ4v) is 4.29. The first-order valence-electron chi connectivity index (χ1n) is 6.12. The van der Waals surface area contributed by atoms with Crippen LogP contribution in [0.3, 0.4) is 0 Å². The molecule has 20 heavy (non-hydrogen) atoms. The van der Waals surface area contributed by atoms with Gasteiger partial charge in [0, 0.05) is 6.54 Å². The number of nitrogens with two attached hydrogens (primary N) is 2. The van der Waals surface area contributed by atoms with Gasteiger partial charge in [0.1, 0.15) is 11.9 Å². The van der Waals surface area contributed by atoms with Crippen molar-refractivity contribution in [1.82, 2.24) is 4.31 Å². The summed E-state index contributed by atoms with van der Waals surface area (Å²) in [5.41, 5.74) is 10.7. The van der Waals surface area contributed by atoms with Gasteiger partial charge in [0.15, 0.2) is 0 Å². The first kappa shape index (κ1) is 14.7. The summed E-state index contributed by atoms with van der Waals surface area (Å²) in [7, 11) is -3.92. The molecule has 0 spiro atoms. The molecule has 0 saturated carbocycles. The first-order valence-corrected chi connectivity index (χ1v) is 7.56. The number of hydrogen-bond donors (Lipinski definition) is 2. The van der Waals surface area contributed by atoms with E-state index in [1.54, 1.807) is 0 Å². The van der Waals surface area contributed by atoms with Crippen LogP contribution in [0.4, 0.5) is 10.1 Å².